The molecule has 0 aromatic carbocycles. The van der Waals surface area contributed by atoms with E-state index in [1.54, 1.807) is 24.1 Å². The summed E-state index contributed by atoms with van der Waals surface area (Å²) in [5.41, 5.74) is 1.41. The summed E-state index contributed by atoms with van der Waals surface area (Å²) in [7, 11) is 0. The van der Waals surface area contributed by atoms with Gasteiger partial charge in [0.15, 0.2) is 0 Å². The molecule has 1 fully saturated rings. The molecule has 5 nitrogen and oxygen atoms in total. The number of nitrogens with zero attached hydrogens (tertiary/aromatic N) is 2. The Morgan fingerprint density at radius 3 is 2.90 bits per heavy atom. The Labute approximate surface area is 124 Å². The average Bonchev–Trinajstić information content (AvgIpc) is 2.48. The second-order valence-electron chi connectivity index (χ2n) is 5.13. The molecule has 110 valence electrons. The fourth-order valence-electron chi connectivity index (χ4n) is 2.34. The summed E-state index contributed by atoms with van der Waals surface area (Å²) in [6.07, 6.45) is 3.31. The maximum atomic E-state index is 12.1. The van der Waals surface area contributed by atoms with E-state index in [1.807, 2.05) is 13.0 Å². The van der Waals surface area contributed by atoms with Gasteiger partial charge in [-0.15, -0.1) is 0 Å². The number of amides is 2. The van der Waals surface area contributed by atoms with Crippen LogP contribution >= 0.6 is 0 Å². The summed E-state index contributed by atoms with van der Waals surface area (Å²) in [6, 6.07) is 3.53. The van der Waals surface area contributed by atoms with E-state index in [0.29, 0.717) is 18.7 Å². The van der Waals surface area contributed by atoms with Crippen molar-refractivity contribution in [3.63, 3.8) is 0 Å². The number of rotatable bonds is 2. The molecule has 1 aromatic heterocycles. The summed E-state index contributed by atoms with van der Waals surface area (Å²) >= 11 is 0. The van der Waals surface area contributed by atoms with Gasteiger partial charge in [-0.3, -0.25) is 14.6 Å². The smallest absolute Gasteiger partial charge is 0.298 e. The van der Waals surface area contributed by atoms with E-state index >= 15 is 0 Å². The van der Waals surface area contributed by atoms with Crippen molar-refractivity contribution in [3.05, 3.63) is 29.6 Å². The van der Waals surface area contributed by atoms with E-state index in [9.17, 15) is 9.59 Å². The Kier molecular flexibility index (Phi) is 4.94. The fraction of sp³-hybridized carbons (Fsp3) is 0.438. The predicted molar refractivity (Wildman–Crippen MR) is 79.5 cm³/mol. The highest BCUT2D eigenvalue weighted by Gasteiger charge is 2.24. The number of hydrogen-bond donors (Lipinski definition) is 1. The molecule has 2 amide bonds. The zero-order valence-electron chi connectivity index (χ0n) is 12.3. The second-order valence-corrected chi connectivity index (χ2v) is 5.13. The molecular formula is C16H19N3O2. The summed E-state index contributed by atoms with van der Waals surface area (Å²) in [6.45, 7) is 4.73. The Bertz CT molecular complexity index is 584. The van der Waals surface area contributed by atoms with Crippen LogP contribution in [0.2, 0.25) is 0 Å². The maximum absolute atomic E-state index is 12.1. The maximum Gasteiger partial charge on any atom is 0.298 e. The molecule has 1 unspecified atom stereocenters. The number of pyridine rings is 1. The van der Waals surface area contributed by atoms with Gasteiger partial charge in [-0.2, -0.15) is 0 Å². The zero-order chi connectivity index (χ0) is 15.2. The zero-order valence-corrected chi connectivity index (χ0v) is 12.3. The van der Waals surface area contributed by atoms with E-state index in [2.05, 4.69) is 22.1 Å². The first kappa shape index (κ1) is 15.0. The molecule has 0 saturated carbocycles. The largest absolute Gasteiger partial charge is 0.347 e. The van der Waals surface area contributed by atoms with Gasteiger partial charge >= 0.3 is 0 Å². The molecule has 1 aliphatic heterocycles. The van der Waals surface area contributed by atoms with Gasteiger partial charge in [0.2, 0.25) is 0 Å². The van der Waals surface area contributed by atoms with E-state index < -0.39 is 0 Å². The van der Waals surface area contributed by atoms with Crippen molar-refractivity contribution in [2.45, 2.75) is 32.7 Å². The standard InChI is InChI=1S/C16H19N3O2/c1-3-5-15(20)19-9-4-6-14(11-19)18-16(21)13-8-7-12(2)17-10-13/h7-8,10,14H,4,6,9,11H2,1-2H3,(H,18,21). The quantitative estimate of drug-likeness (QED) is 0.829. The van der Waals surface area contributed by atoms with Crippen LogP contribution in [0.1, 0.15) is 35.8 Å². The molecule has 1 atom stereocenters. The molecule has 0 spiro atoms. The van der Waals surface area contributed by atoms with Crippen LogP contribution in [0.15, 0.2) is 18.3 Å². The van der Waals surface area contributed by atoms with Crippen LogP contribution in [0.5, 0.6) is 0 Å². The fourth-order valence-corrected chi connectivity index (χ4v) is 2.34. The number of aromatic nitrogens is 1. The summed E-state index contributed by atoms with van der Waals surface area (Å²) < 4.78 is 0. The topological polar surface area (TPSA) is 62.3 Å². The minimum atomic E-state index is -0.173. The van der Waals surface area contributed by atoms with Crippen molar-refractivity contribution in [1.29, 1.82) is 0 Å². The molecule has 1 N–H and O–H groups in total. The molecule has 2 rings (SSSR count). The lowest BCUT2D eigenvalue weighted by Crippen LogP contribution is -2.49. The lowest BCUT2D eigenvalue weighted by atomic mass is 10.1. The molecular weight excluding hydrogens is 266 g/mol. The lowest BCUT2D eigenvalue weighted by molar-refractivity contribution is -0.126. The molecule has 1 aliphatic rings. The molecule has 2 heterocycles. The van der Waals surface area contributed by atoms with E-state index in [-0.39, 0.29) is 17.9 Å². The number of hydrogen-bond acceptors (Lipinski definition) is 3. The monoisotopic (exact) mass is 285 g/mol. The van der Waals surface area contributed by atoms with Crippen LogP contribution in [0.25, 0.3) is 0 Å². The first-order valence-electron chi connectivity index (χ1n) is 7.05. The number of likely N-dealkylation sites (tertiary alicyclic amines) is 1. The van der Waals surface area contributed by atoms with Crippen molar-refractivity contribution in [3.8, 4) is 11.8 Å². The Morgan fingerprint density at radius 1 is 1.43 bits per heavy atom. The number of aryl methyl sites for hydroxylation is 1. The van der Waals surface area contributed by atoms with Gasteiger partial charge < -0.3 is 10.2 Å². The number of carbonyl (C=O) groups excluding carboxylic acids is 2. The van der Waals surface area contributed by atoms with Gasteiger partial charge in [-0.1, -0.05) is 5.92 Å². The molecule has 21 heavy (non-hydrogen) atoms. The minimum Gasteiger partial charge on any atom is -0.347 e. The Morgan fingerprint density at radius 2 is 2.24 bits per heavy atom. The number of nitrogens with one attached hydrogen (secondary N) is 1. The first-order valence-corrected chi connectivity index (χ1v) is 7.05. The minimum absolute atomic E-state index is 0.0323. The van der Waals surface area contributed by atoms with Crippen LogP contribution in [0.3, 0.4) is 0 Å². The van der Waals surface area contributed by atoms with Crippen LogP contribution in [0, 0.1) is 18.8 Å². The summed E-state index contributed by atoms with van der Waals surface area (Å²) in [4.78, 5) is 29.7. The van der Waals surface area contributed by atoms with Crippen LogP contribution < -0.4 is 5.32 Å². The van der Waals surface area contributed by atoms with Crippen molar-refractivity contribution in [1.82, 2.24) is 15.2 Å². The van der Waals surface area contributed by atoms with E-state index in [1.165, 1.54) is 0 Å². The third-order valence-corrected chi connectivity index (χ3v) is 3.45. The third-order valence-electron chi connectivity index (χ3n) is 3.45. The van der Waals surface area contributed by atoms with Gasteiger partial charge in [0.1, 0.15) is 0 Å². The van der Waals surface area contributed by atoms with Crippen LogP contribution in [-0.2, 0) is 4.79 Å². The number of carbonyl (C=O) groups is 2. The second kappa shape index (κ2) is 6.89. The highest BCUT2D eigenvalue weighted by atomic mass is 16.2. The van der Waals surface area contributed by atoms with Crippen molar-refractivity contribution >= 4 is 11.8 Å². The predicted octanol–water partition coefficient (Wildman–Crippen LogP) is 1.13. The van der Waals surface area contributed by atoms with Crippen LogP contribution in [0.4, 0.5) is 0 Å². The molecule has 0 radical (unpaired) electrons. The summed E-state index contributed by atoms with van der Waals surface area (Å²) in [5, 5.41) is 2.96. The van der Waals surface area contributed by atoms with Crippen molar-refractivity contribution < 1.29 is 9.59 Å². The Balaban J connectivity index is 1.95. The van der Waals surface area contributed by atoms with Crippen molar-refractivity contribution in [2.75, 3.05) is 13.1 Å². The van der Waals surface area contributed by atoms with Gasteiger partial charge in [0, 0.05) is 31.0 Å². The molecule has 0 bridgehead atoms. The third kappa shape index (κ3) is 4.06. The van der Waals surface area contributed by atoms with E-state index in [0.717, 1.165) is 18.5 Å². The van der Waals surface area contributed by atoms with Gasteiger partial charge in [0.25, 0.3) is 11.8 Å². The molecule has 1 saturated heterocycles. The Hall–Kier alpha value is -2.35. The highest BCUT2D eigenvalue weighted by molar-refractivity contribution is 5.95. The highest BCUT2D eigenvalue weighted by Crippen LogP contribution is 2.11. The molecule has 0 aliphatic carbocycles. The average molecular weight is 285 g/mol. The summed E-state index contributed by atoms with van der Waals surface area (Å²) in [5.74, 6) is 4.83. The van der Waals surface area contributed by atoms with Gasteiger partial charge in [0.05, 0.1) is 5.56 Å². The lowest BCUT2D eigenvalue weighted by Gasteiger charge is -2.31. The first-order chi connectivity index (χ1) is 10.1. The van der Waals surface area contributed by atoms with Gasteiger partial charge in [-0.25, -0.2) is 0 Å². The van der Waals surface area contributed by atoms with Gasteiger partial charge in [-0.05, 0) is 44.7 Å². The van der Waals surface area contributed by atoms with Crippen molar-refractivity contribution in [2.24, 2.45) is 0 Å². The van der Waals surface area contributed by atoms with E-state index in [4.69, 9.17) is 0 Å². The molecule has 5 heteroatoms. The number of piperidine rings is 1. The normalized spacial score (nSPS) is 17.6. The molecule has 1 aromatic rings. The SMILES string of the molecule is CC#CC(=O)N1CCCC(NC(=O)c2ccc(C)nc2)C1. The van der Waals surface area contributed by atoms with Crippen LogP contribution in [-0.4, -0.2) is 40.8 Å².